The highest BCUT2D eigenvalue weighted by atomic mass is 127. The van der Waals surface area contributed by atoms with Crippen LogP contribution in [-0.4, -0.2) is 29.3 Å². The Hall–Kier alpha value is -0.290. The summed E-state index contributed by atoms with van der Waals surface area (Å²) in [7, 11) is 0. The lowest BCUT2D eigenvalue weighted by Gasteiger charge is -2.29. The van der Waals surface area contributed by atoms with Crippen LogP contribution in [0.4, 0.5) is 0 Å². The highest BCUT2D eigenvalue weighted by molar-refractivity contribution is 14.1. The molecule has 4 heteroatoms. The van der Waals surface area contributed by atoms with Crippen LogP contribution in [0.5, 0.6) is 0 Å². The molecule has 0 N–H and O–H groups in total. The SMILES string of the molecule is Cc1cccc(C(=O)N(CCCl)C2CCCC2)c1I. The fourth-order valence-corrected chi connectivity index (χ4v) is 3.50. The van der Waals surface area contributed by atoms with E-state index >= 15 is 0 Å². The molecule has 0 bridgehead atoms. The first-order chi connectivity index (χ1) is 9.15. The molecule has 0 atom stereocenters. The quantitative estimate of drug-likeness (QED) is 0.556. The number of alkyl halides is 1. The molecule has 1 saturated carbocycles. The number of aryl methyl sites for hydroxylation is 1. The molecule has 0 spiro atoms. The summed E-state index contributed by atoms with van der Waals surface area (Å²) in [6.07, 6.45) is 4.68. The van der Waals surface area contributed by atoms with Crippen molar-refractivity contribution in [2.75, 3.05) is 12.4 Å². The number of benzene rings is 1. The van der Waals surface area contributed by atoms with Gasteiger partial charge in [-0.15, -0.1) is 11.6 Å². The zero-order chi connectivity index (χ0) is 13.8. The molecule has 1 fully saturated rings. The summed E-state index contributed by atoms with van der Waals surface area (Å²) in [5, 5.41) is 0. The Bertz CT molecular complexity index is 457. The molecule has 0 aromatic heterocycles. The normalized spacial score (nSPS) is 15.7. The fourth-order valence-electron chi connectivity index (χ4n) is 2.72. The lowest BCUT2D eigenvalue weighted by Crippen LogP contribution is -2.40. The number of carbonyl (C=O) groups is 1. The zero-order valence-electron chi connectivity index (χ0n) is 11.2. The third kappa shape index (κ3) is 3.43. The molecular weight excluding hydrogens is 373 g/mol. The van der Waals surface area contributed by atoms with Crippen LogP contribution in [0.25, 0.3) is 0 Å². The largest absolute Gasteiger partial charge is 0.334 e. The van der Waals surface area contributed by atoms with Crippen LogP contribution in [0.1, 0.15) is 41.6 Å². The van der Waals surface area contributed by atoms with E-state index in [1.165, 1.54) is 12.8 Å². The van der Waals surface area contributed by atoms with Crippen molar-refractivity contribution < 1.29 is 4.79 Å². The topological polar surface area (TPSA) is 20.3 Å². The number of nitrogens with zero attached hydrogens (tertiary/aromatic N) is 1. The molecule has 19 heavy (non-hydrogen) atoms. The molecule has 1 aromatic rings. The standard InChI is InChI=1S/C15H19ClINO/c1-11-5-4-8-13(14(11)17)15(19)18(10-9-16)12-6-2-3-7-12/h4-5,8,12H,2-3,6-7,9-10H2,1H3. The van der Waals surface area contributed by atoms with Gasteiger partial charge in [-0.2, -0.15) is 0 Å². The van der Waals surface area contributed by atoms with E-state index in [-0.39, 0.29) is 5.91 Å². The second-order valence-corrected chi connectivity index (χ2v) is 6.52. The van der Waals surface area contributed by atoms with Crippen molar-refractivity contribution in [1.82, 2.24) is 4.90 Å². The van der Waals surface area contributed by atoms with E-state index in [0.717, 1.165) is 27.5 Å². The van der Waals surface area contributed by atoms with E-state index in [1.807, 2.05) is 30.0 Å². The first-order valence-corrected chi connectivity index (χ1v) is 8.38. The average Bonchev–Trinajstić information content (AvgIpc) is 2.92. The van der Waals surface area contributed by atoms with Gasteiger partial charge in [-0.25, -0.2) is 0 Å². The molecule has 2 rings (SSSR count). The second kappa shape index (κ2) is 6.93. The van der Waals surface area contributed by atoms with Gasteiger partial charge in [-0.1, -0.05) is 25.0 Å². The molecule has 0 unspecified atom stereocenters. The lowest BCUT2D eigenvalue weighted by atomic mass is 10.1. The van der Waals surface area contributed by atoms with Crippen molar-refractivity contribution in [2.24, 2.45) is 0 Å². The number of rotatable bonds is 4. The highest BCUT2D eigenvalue weighted by Crippen LogP contribution is 2.26. The Morgan fingerprint density at radius 3 is 2.74 bits per heavy atom. The first-order valence-electron chi connectivity index (χ1n) is 6.77. The van der Waals surface area contributed by atoms with Gasteiger partial charge >= 0.3 is 0 Å². The molecule has 0 heterocycles. The molecule has 0 aliphatic heterocycles. The van der Waals surface area contributed by atoms with E-state index in [2.05, 4.69) is 22.6 Å². The zero-order valence-corrected chi connectivity index (χ0v) is 14.1. The van der Waals surface area contributed by atoms with Crippen LogP contribution >= 0.6 is 34.2 Å². The van der Waals surface area contributed by atoms with Crippen LogP contribution in [0.2, 0.25) is 0 Å². The minimum Gasteiger partial charge on any atom is -0.334 e. The minimum atomic E-state index is 0.139. The minimum absolute atomic E-state index is 0.139. The predicted octanol–water partition coefficient (Wildman–Crippen LogP) is 4.22. The van der Waals surface area contributed by atoms with Gasteiger partial charge < -0.3 is 4.90 Å². The summed E-state index contributed by atoms with van der Waals surface area (Å²) in [6.45, 7) is 2.69. The van der Waals surface area contributed by atoms with E-state index in [9.17, 15) is 4.79 Å². The molecule has 104 valence electrons. The van der Waals surface area contributed by atoms with Gasteiger partial charge in [0.15, 0.2) is 0 Å². The summed E-state index contributed by atoms with van der Waals surface area (Å²) < 4.78 is 1.06. The summed E-state index contributed by atoms with van der Waals surface area (Å²) in [5.74, 6) is 0.644. The monoisotopic (exact) mass is 391 g/mol. The average molecular weight is 392 g/mol. The third-order valence-electron chi connectivity index (χ3n) is 3.77. The summed E-state index contributed by atoms with van der Waals surface area (Å²) >= 11 is 8.15. The molecule has 1 aromatic carbocycles. The molecule has 1 amide bonds. The van der Waals surface area contributed by atoms with Crippen LogP contribution < -0.4 is 0 Å². The van der Waals surface area contributed by atoms with Gasteiger partial charge in [0.05, 0.1) is 5.56 Å². The molecule has 1 aliphatic carbocycles. The number of amides is 1. The van der Waals surface area contributed by atoms with Gasteiger partial charge in [0, 0.05) is 22.0 Å². The third-order valence-corrected chi connectivity index (χ3v) is 5.37. The lowest BCUT2D eigenvalue weighted by molar-refractivity contribution is 0.0694. The van der Waals surface area contributed by atoms with Crippen molar-refractivity contribution in [3.8, 4) is 0 Å². The molecule has 0 radical (unpaired) electrons. The van der Waals surface area contributed by atoms with Crippen LogP contribution in [0.15, 0.2) is 18.2 Å². The number of hydrogen-bond donors (Lipinski definition) is 0. The summed E-state index contributed by atoms with van der Waals surface area (Å²) in [4.78, 5) is 14.7. The summed E-state index contributed by atoms with van der Waals surface area (Å²) in [5.41, 5.74) is 1.97. The van der Waals surface area contributed by atoms with Crippen molar-refractivity contribution >= 4 is 40.1 Å². The van der Waals surface area contributed by atoms with Crippen LogP contribution in [-0.2, 0) is 0 Å². The summed E-state index contributed by atoms with van der Waals surface area (Å²) in [6, 6.07) is 6.30. The number of halogens is 2. The van der Waals surface area contributed by atoms with E-state index < -0.39 is 0 Å². The molecule has 0 saturated heterocycles. The number of carbonyl (C=O) groups excluding carboxylic acids is 1. The molecule has 2 nitrogen and oxygen atoms in total. The number of hydrogen-bond acceptors (Lipinski definition) is 1. The maximum atomic E-state index is 12.8. The van der Waals surface area contributed by atoms with E-state index in [0.29, 0.717) is 18.5 Å². The Morgan fingerprint density at radius 1 is 1.42 bits per heavy atom. The van der Waals surface area contributed by atoms with Gasteiger partial charge in [-0.3, -0.25) is 4.79 Å². The van der Waals surface area contributed by atoms with Crippen molar-refractivity contribution in [1.29, 1.82) is 0 Å². The molecule has 1 aliphatic rings. The fraction of sp³-hybridized carbons (Fsp3) is 0.533. The first kappa shape index (κ1) is 15.1. The van der Waals surface area contributed by atoms with E-state index in [1.54, 1.807) is 0 Å². The smallest absolute Gasteiger partial charge is 0.255 e. The van der Waals surface area contributed by atoms with Crippen molar-refractivity contribution in [3.63, 3.8) is 0 Å². The van der Waals surface area contributed by atoms with Crippen molar-refractivity contribution in [3.05, 3.63) is 32.9 Å². The van der Waals surface area contributed by atoms with E-state index in [4.69, 9.17) is 11.6 Å². The highest BCUT2D eigenvalue weighted by Gasteiger charge is 2.28. The molecular formula is C15H19ClINO. The van der Waals surface area contributed by atoms with Gasteiger partial charge in [0.2, 0.25) is 0 Å². The van der Waals surface area contributed by atoms with Gasteiger partial charge in [0.1, 0.15) is 0 Å². The van der Waals surface area contributed by atoms with Gasteiger partial charge in [-0.05, 0) is 54.0 Å². The Labute approximate surface area is 133 Å². The Kier molecular flexibility index (Phi) is 5.51. The maximum Gasteiger partial charge on any atom is 0.255 e. The maximum absolute atomic E-state index is 12.8. The van der Waals surface area contributed by atoms with Gasteiger partial charge in [0.25, 0.3) is 5.91 Å². The van der Waals surface area contributed by atoms with Crippen molar-refractivity contribution in [2.45, 2.75) is 38.6 Å². The Morgan fingerprint density at radius 2 is 2.11 bits per heavy atom. The predicted molar refractivity (Wildman–Crippen MR) is 87.9 cm³/mol. The Balaban J connectivity index is 2.25. The van der Waals surface area contributed by atoms with Crippen LogP contribution in [0, 0.1) is 10.5 Å². The van der Waals surface area contributed by atoms with Crippen LogP contribution in [0.3, 0.4) is 0 Å². The second-order valence-electron chi connectivity index (χ2n) is 5.06.